The van der Waals surface area contributed by atoms with Gasteiger partial charge in [0.25, 0.3) is 0 Å². The topological polar surface area (TPSA) is 4.44 Å². The highest BCUT2D eigenvalue weighted by atomic mass is 32.1. The van der Waals surface area contributed by atoms with Crippen LogP contribution in [0.5, 0.6) is 0 Å². The summed E-state index contributed by atoms with van der Waals surface area (Å²) in [6.45, 7) is 0. The van der Waals surface area contributed by atoms with Crippen LogP contribution in [0.4, 0.5) is 0 Å². The third-order valence-corrected chi connectivity index (χ3v) is 3.64. The van der Waals surface area contributed by atoms with Gasteiger partial charge < -0.3 is 4.90 Å². The lowest BCUT2D eigenvalue weighted by atomic mass is 10.2. The van der Waals surface area contributed by atoms with Crippen LogP contribution >= 0.6 is 23.6 Å². The minimum absolute atomic E-state index is 0.933. The molecule has 82 valence electrons. The van der Waals surface area contributed by atoms with Crippen LogP contribution < -0.4 is 4.90 Å². The molecular weight excluding hydrogens is 234 g/mol. The largest absolute Gasteiger partial charge is 0.313 e. The highest BCUT2D eigenvalue weighted by molar-refractivity contribution is 7.71. The molecule has 0 atom stereocenters. The molecule has 1 aromatic heterocycles. The number of fused-ring (bicyclic) bond motifs is 1. The molecule has 1 heterocycles. The van der Waals surface area contributed by atoms with Crippen LogP contribution in [0.2, 0.25) is 0 Å². The zero-order valence-corrected chi connectivity index (χ0v) is 11.0. The summed E-state index contributed by atoms with van der Waals surface area (Å²) >= 11 is 7.16. The number of hydrogen-bond donors (Lipinski definition) is 1. The van der Waals surface area contributed by atoms with E-state index in [-0.39, 0.29) is 0 Å². The van der Waals surface area contributed by atoms with Crippen LogP contribution in [0.1, 0.15) is 4.88 Å². The van der Waals surface area contributed by atoms with Gasteiger partial charge in [-0.25, -0.2) is 0 Å². The molecule has 0 spiro atoms. The highest BCUT2D eigenvalue weighted by Crippen LogP contribution is 2.24. The first kappa shape index (κ1) is 11.5. The van der Waals surface area contributed by atoms with Gasteiger partial charge in [-0.2, -0.15) is 0 Å². The first-order valence-corrected chi connectivity index (χ1v) is 6.40. The standard InChI is InChI=1S/C13H13NS2/c1-14(2)8-7-10-9-12(15)11-5-3-4-6-13(11)16-10/h3-9H,1-2H3/p+1/b8-7+. The van der Waals surface area contributed by atoms with E-state index >= 15 is 0 Å². The second-order valence-electron chi connectivity index (χ2n) is 3.92. The zero-order chi connectivity index (χ0) is 11.5. The Kier molecular flexibility index (Phi) is 3.49. The highest BCUT2D eigenvalue weighted by Gasteiger charge is 1.98. The van der Waals surface area contributed by atoms with E-state index in [1.54, 1.807) is 11.3 Å². The minimum Gasteiger partial charge on any atom is -0.313 e. The molecule has 2 rings (SSSR count). The Morgan fingerprint density at radius 1 is 1.25 bits per heavy atom. The molecule has 1 N–H and O–H groups in total. The first-order valence-electron chi connectivity index (χ1n) is 5.18. The van der Waals surface area contributed by atoms with Gasteiger partial charge in [-0.1, -0.05) is 30.4 Å². The summed E-state index contributed by atoms with van der Waals surface area (Å²) in [6.07, 6.45) is 4.25. The molecule has 16 heavy (non-hydrogen) atoms. The number of hydrogen-bond acceptors (Lipinski definition) is 2. The van der Waals surface area contributed by atoms with Crippen LogP contribution in [-0.2, 0) is 0 Å². The normalized spacial score (nSPS) is 11.7. The van der Waals surface area contributed by atoms with Gasteiger partial charge in [-0.15, -0.1) is 11.3 Å². The van der Waals surface area contributed by atoms with Gasteiger partial charge in [-0.05, 0) is 12.1 Å². The van der Waals surface area contributed by atoms with Crippen LogP contribution in [-0.4, -0.2) is 14.1 Å². The Morgan fingerprint density at radius 3 is 2.75 bits per heavy atom. The molecule has 0 saturated carbocycles. The molecule has 3 heteroatoms. The van der Waals surface area contributed by atoms with Crippen molar-refractivity contribution >= 4 is 39.7 Å². The third-order valence-electron chi connectivity index (χ3n) is 2.23. The molecule has 2 aromatic rings. The lowest BCUT2D eigenvalue weighted by Crippen LogP contribution is -3.00. The second kappa shape index (κ2) is 4.87. The van der Waals surface area contributed by atoms with E-state index in [0.29, 0.717) is 0 Å². The van der Waals surface area contributed by atoms with Crippen molar-refractivity contribution in [1.82, 2.24) is 0 Å². The first-order chi connectivity index (χ1) is 7.66. The molecule has 1 aromatic carbocycles. The summed E-state index contributed by atoms with van der Waals surface area (Å²) < 4.78 is 2.19. The summed E-state index contributed by atoms with van der Waals surface area (Å²) in [5, 5.41) is 1.18. The lowest BCUT2D eigenvalue weighted by molar-refractivity contribution is -0.800. The van der Waals surface area contributed by atoms with Gasteiger partial charge in [0.2, 0.25) is 0 Å². The van der Waals surface area contributed by atoms with Crippen molar-refractivity contribution in [3.8, 4) is 0 Å². The van der Waals surface area contributed by atoms with E-state index in [9.17, 15) is 0 Å². The zero-order valence-electron chi connectivity index (χ0n) is 9.36. The maximum Gasteiger partial charge on any atom is 0.0952 e. The average molecular weight is 248 g/mol. The number of nitrogens with one attached hydrogen (secondary N) is 1. The third kappa shape index (κ3) is 2.55. The summed E-state index contributed by atoms with van der Waals surface area (Å²) in [4.78, 5) is 2.51. The Hall–Kier alpha value is -1.03. The van der Waals surface area contributed by atoms with E-state index in [1.807, 2.05) is 6.07 Å². The van der Waals surface area contributed by atoms with Crippen LogP contribution in [0.15, 0.2) is 36.5 Å². The smallest absolute Gasteiger partial charge is 0.0952 e. The summed E-state index contributed by atoms with van der Waals surface area (Å²) in [6, 6.07) is 10.4. The van der Waals surface area contributed by atoms with Crippen molar-refractivity contribution < 1.29 is 4.90 Å². The van der Waals surface area contributed by atoms with Crippen molar-refractivity contribution in [2.45, 2.75) is 0 Å². The van der Waals surface area contributed by atoms with E-state index in [0.717, 1.165) is 4.51 Å². The second-order valence-corrected chi connectivity index (χ2v) is 5.48. The van der Waals surface area contributed by atoms with Gasteiger partial charge in [0.15, 0.2) is 0 Å². The molecule has 0 aliphatic rings. The predicted octanol–water partition coefficient (Wildman–Crippen LogP) is 2.75. The summed E-state index contributed by atoms with van der Waals surface area (Å²) in [5.41, 5.74) is 0. The lowest BCUT2D eigenvalue weighted by Gasteiger charge is -2.00. The van der Waals surface area contributed by atoms with Crippen LogP contribution in [0.25, 0.3) is 16.2 Å². The van der Waals surface area contributed by atoms with Crippen molar-refractivity contribution in [3.63, 3.8) is 0 Å². The molecular formula is C13H14NS2+. The molecule has 0 fully saturated rings. The van der Waals surface area contributed by atoms with Gasteiger partial charge in [0.05, 0.1) is 20.3 Å². The number of benzene rings is 1. The molecule has 0 radical (unpaired) electrons. The van der Waals surface area contributed by atoms with Crippen molar-refractivity contribution in [1.29, 1.82) is 0 Å². The Labute approximate surface area is 105 Å². The van der Waals surface area contributed by atoms with Crippen molar-refractivity contribution in [2.75, 3.05) is 14.1 Å². The van der Waals surface area contributed by atoms with Crippen LogP contribution in [0.3, 0.4) is 0 Å². The van der Waals surface area contributed by atoms with E-state index in [1.165, 1.54) is 19.9 Å². The Morgan fingerprint density at radius 2 is 2.00 bits per heavy atom. The fourth-order valence-electron chi connectivity index (χ4n) is 1.45. The minimum atomic E-state index is 0.933. The fourth-order valence-corrected chi connectivity index (χ4v) is 2.90. The average Bonchev–Trinajstić information content (AvgIpc) is 2.26. The summed E-state index contributed by atoms with van der Waals surface area (Å²) in [7, 11) is 4.19. The van der Waals surface area contributed by atoms with Crippen molar-refractivity contribution in [3.05, 3.63) is 45.9 Å². The maximum absolute atomic E-state index is 5.39. The molecule has 0 aliphatic carbocycles. The number of rotatable bonds is 2. The molecule has 0 aliphatic heterocycles. The number of quaternary nitrogens is 1. The fraction of sp³-hybridized carbons (Fsp3) is 0.154. The monoisotopic (exact) mass is 248 g/mol. The SMILES string of the molecule is C[NH+](C)/C=C/c1cc(=S)c2ccccc2s1. The maximum atomic E-state index is 5.39. The summed E-state index contributed by atoms with van der Waals surface area (Å²) in [5.74, 6) is 0. The molecule has 0 amide bonds. The van der Waals surface area contributed by atoms with Gasteiger partial charge in [-0.3, -0.25) is 0 Å². The van der Waals surface area contributed by atoms with E-state index in [4.69, 9.17) is 12.2 Å². The molecule has 0 saturated heterocycles. The van der Waals surface area contributed by atoms with Gasteiger partial charge in [0.1, 0.15) is 0 Å². The Bertz CT molecular complexity index is 582. The van der Waals surface area contributed by atoms with Gasteiger partial charge >= 0.3 is 0 Å². The van der Waals surface area contributed by atoms with Crippen molar-refractivity contribution in [2.24, 2.45) is 0 Å². The Balaban J connectivity index is 2.54. The quantitative estimate of drug-likeness (QED) is 0.801. The molecule has 1 nitrogen and oxygen atoms in total. The van der Waals surface area contributed by atoms with Gasteiger partial charge in [0, 0.05) is 25.5 Å². The predicted molar refractivity (Wildman–Crippen MR) is 74.5 cm³/mol. The van der Waals surface area contributed by atoms with Crippen LogP contribution in [0, 0.1) is 4.51 Å². The molecule has 0 unspecified atom stereocenters. The molecule has 0 bridgehead atoms. The van der Waals surface area contributed by atoms with E-state index in [2.05, 4.69) is 50.6 Å². The van der Waals surface area contributed by atoms with E-state index < -0.39 is 0 Å².